The first kappa shape index (κ1) is 14.9. The van der Waals surface area contributed by atoms with Crippen molar-refractivity contribution in [1.82, 2.24) is 5.32 Å². The Morgan fingerprint density at radius 3 is 2.39 bits per heavy atom. The van der Waals surface area contributed by atoms with Gasteiger partial charge in [-0.3, -0.25) is 4.79 Å². The molecule has 114 valence electrons. The Kier molecular flexibility index (Phi) is 4.39. The molecule has 0 saturated heterocycles. The minimum atomic E-state index is -0.0909. The number of rotatable bonds is 4. The summed E-state index contributed by atoms with van der Waals surface area (Å²) in [4.78, 5) is 12.6. The molecule has 0 aromatic heterocycles. The first-order valence-electron chi connectivity index (χ1n) is 7.51. The Morgan fingerprint density at radius 1 is 0.870 bits per heavy atom. The molecule has 3 N–H and O–H groups in total. The molecule has 23 heavy (non-hydrogen) atoms. The monoisotopic (exact) mass is 302 g/mol. The van der Waals surface area contributed by atoms with E-state index in [4.69, 9.17) is 5.73 Å². The fourth-order valence-electron chi connectivity index (χ4n) is 2.53. The van der Waals surface area contributed by atoms with Crippen LogP contribution >= 0.6 is 0 Å². The summed E-state index contributed by atoms with van der Waals surface area (Å²) in [7, 11) is 0. The van der Waals surface area contributed by atoms with Crippen molar-refractivity contribution in [3.05, 3.63) is 90.0 Å². The van der Waals surface area contributed by atoms with Crippen LogP contribution < -0.4 is 11.1 Å². The molecule has 0 spiro atoms. The van der Waals surface area contributed by atoms with Gasteiger partial charge < -0.3 is 11.1 Å². The van der Waals surface area contributed by atoms with Gasteiger partial charge in [-0.2, -0.15) is 0 Å². The van der Waals surface area contributed by atoms with Crippen LogP contribution in [0, 0.1) is 0 Å². The third-order valence-electron chi connectivity index (χ3n) is 3.66. The average molecular weight is 302 g/mol. The van der Waals surface area contributed by atoms with Crippen LogP contribution in [0.2, 0.25) is 0 Å². The second-order valence-electron chi connectivity index (χ2n) is 5.34. The average Bonchev–Trinajstić information content (AvgIpc) is 2.60. The smallest absolute Gasteiger partial charge is 0.252 e. The fraction of sp³-hybridized carbons (Fsp3) is 0.0500. The highest BCUT2D eigenvalue weighted by Crippen LogP contribution is 2.23. The summed E-state index contributed by atoms with van der Waals surface area (Å²) in [6, 6.07) is 25.1. The molecule has 3 heteroatoms. The van der Waals surface area contributed by atoms with E-state index in [0.29, 0.717) is 17.8 Å². The summed E-state index contributed by atoms with van der Waals surface area (Å²) in [6.07, 6.45) is 0. The maximum absolute atomic E-state index is 12.6. The zero-order valence-corrected chi connectivity index (χ0v) is 12.7. The molecule has 0 radical (unpaired) electrons. The lowest BCUT2D eigenvalue weighted by atomic mass is 9.99. The van der Waals surface area contributed by atoms with Crippen molar-refractivity contribution >= 4 is 11.6 Å². The summed E-state index contributed by atoms with van der Waals surface area (Å²) >= 11 is 0. The predicted octanol–water partition coefficient (Wildman–Crippen LogP) is 3.87. The van der Waals surface area contributed by atoms with Crippen molar-refractivity contribution in [2.45, 2.75) is 6.54 Å². The van der Waals surface area contributed by atoms with Crippen molar-refractivity contribution in [2.24, 2.45) is 0 Å². The van der Waals surface area contributed by atoms with E-state index in [2.05, 4.69) is 5.32 Å². The minimum absolute atomic E-state index is 0.0909. The first-order valence-corrected chi connectivity index (χ1v) is 7.51. The molecule has 0 unspecified atom stereocenters. The minimum Gasteiger partial charge on any atom is -0.399 e. The highest BCUT2D eigenvalue weighted by molar-refractivity contribution is 6.00. The number of hydrogen-bond donors (Lipinski definition) is 2. The normalized spacial score (nSPS) is 10.3. The summed E-state index contributed by atoms with van der Waals surface area (Å²) in [6.45, 7) is 0.451. The number of benzene rings is 3. The summed E-state index contributed by atoms with van der Waals surface area (Å²) in [5.41, 5.74) is 10.1. The molecule has 0 aliphatic heterocycles. The number of nitrogens with one attached hydrogen (secondary N) is 1. The van der Waals surface area contributed by atoms with Gasteiger partial charge >= 0.3 is 0 Å². The first-order chi connectivity index (χ1) is 11.2. The van der Waals surface area contributed by atoms with Crippen LogP contribution in [-0.4, -0.2) is 5.91 Å². The number of hydrogen-bond acceptors (Lipinski definition) is 2. The lowest BCUT2D eigenvalue weighted by molar-refractivity contribution is 0.0951. The number of carbonyl (C=O) groups excluding carboxylic acids is 1. The highest BCUT2D eigenvalue weighted by Gasteiger charge is 2.11. The Labute approximate surface area is 135 Å². The van der Waals surface area contributed by atoms with Gasteiger partial charge in [-0.25, -0.2) is 0 Å². The SMILES string of the molecule is Nc1cccc(CNC(=O)c2ccccc2-c2ccccc2)c1. The number of carbonyl (C=O) groups is 1. The lowest BCUT2D eigenvalue weighted by Crippen LogP contribution is -2.23. The highest BCUT2D eigenvalue weighted by atomic mass is 16.1. The molecular weight excluding hydrogens is 284 g/mol. The largest absolute Gasteiger partial charge is 0.399 e. The van der Waals surface area contributed by atoms with E-state index in [1.165, 1.54) is 0 Å². The van der Waals surface area contributed by atoms with Gasteiger partial charge in [0.05, 0.1) is 0 Å². The molecule has 0 bridgehead atoms. The Hall–Kier alpha value is -3.07. The molecule has 0 aliphatic carbocycles. The predicted molar refractivity (Wildman–Crippen MR) is 93.9 cm³/mol. The van der Waals surface area contributed by atoms with Gasteiger partial charge in [-0.1, -0.05) is 60.7 Å². The van der Waals surface area contributed by atoms with Gasteiger partial charge in [0.25, 0.3) is 5.91 Å². The Bertz CT molecular complexity index is 813. The van der Waals surface area contributed by atoms with E-state index < -0.39 is 0 Å². The molecule has 0 fully saturated rings. The van der Waals surface area contributed by atoms with Crippen LogP contribution in [0.25, 0.3) is 11.1 Å². The van der Waals surface area contributed by atoms with Gasteiger partial charge in [0, 0.05) is 17.8 Å². The van der Waals surface area contributed by atoms with E-state index >= 15 is 0 Å². The summed E-state index contributed by atoms with van der Waals surface area (Å²) in [5, 5.41) is 2.96. The quantitative estimate of drug-likeness (QED) is 0.719. The van der Waals surface area contributed by atoms with Crippen LogP contribution in [0.3, 0.4) is 0 Å². The third-order valence-corrected chi connectivity index (χ3v) is 3.66. The fourth-order valence-corrected chi connectivity index (χ4v) is 2.53. The molecule has 1 amide bonds. The van der Waals surface area contributed by atoms with Crippen LogP contribution in [0.15, 0.2) is 78.9 Å². The molecule has 0 atom stereocenters. The van der Waals surface area contributed by atoms with Crippen molar-refractivity contribution in [2.75, 3.05) is 5.73 Å². The van der Waals surface area contributed by atoms with Crippen LogP contribution in [-0.2, 0) is 6.54 Å². The van der Waals surface area contributed by atoms with Crippen LogP contribution in [0.1, 0.15) is 15.9 Å². The maximum atomic E-state index is 12.6. The molecule has 3 nitrogen and oxygen atoms in total. The van der Waals surface area contributed by atoms with Gasteiger partial charge in [-0.15, -0.1) is 0 Å². The second kappa shape index (κ2) is 6.79. The van der Waals surface area contributed by atoms with Gasteiger partial charge in [0.2, 0.25) is 0 Å². The molecule has 3 aromatic carbocycles. The topological polar surface area (TPSA) is 55.1 Å². The number of amides is 1. The second-order valence-corrected chi connectivity index (χ2v) is 5.34. The lowest BCUT2D eigenvalue weighted by Gasteiger charge is -2.11. The number of nitrogen functional groups attached to an aromatic ring is 1. The third kappa shape index (κ3) is 3.58. The molecular formula is C20H18N2O. The maximum Gasteiger partial charge on any atom is 0.252 e. The van der Waals surface area contributed by atoms with Crippen LogP contribution in [0.4, 0.5) is 5.69 Å². The van der Waals surface area contributed by atoms with Crippen molar-refractivity contribution in [3.63, 3.8) is 0 Å². The summed E-state index contributed by atoms with van der Waals surface area (Å²) < 4.78 is 0. The van der Waals surface area contributed by atoms with E-state index in [1.54, 1.807) is 0 Å². The van der Waals surface area contributed by atoms with Gasteiger partial charge in [0.1, 0.15) is 0 Å². The standard InChI is InChI=1S/C20H18N2O/c21-17-10-6-7-15(13-17)14-22-20(23)19-12-5-4-11-18(19)16-8-2-1-3-9-16/h1-13H,14,21H2,(H,22,23). The summed E-state index contributed by atoms with van der Waals surface area (Å²) in [5.74, 6) is -0.0909. The molecule has 0 heterocycles. The zero-order chi connectivity index (χ0) is 16.1. The number of nitrogens with two attached hydrogens (primary N) is 1. The van der Waals surface area contributed by atoms with Crippen molar-refractivity contribution in [1.29, 1.82) is 0 Å². The van der Waals surface area contributed by atoms with Crippen LogP contribution in [0.5, 0.6) is 0 Å². The molecule has 3 rings (SSSR count). The number of anilines is 1. The Balaban J connectivity index is 1.80. The molecule has 3 aromatic rings. The molecule has 0 saturated carbocycles. The van der Waals surface area contributed by atoms with E-state index in [-0.39, 0.29) is 5.91 Å². The van der Waals surface area contributed by atoms with Crippen molar-refractivity contribution < 1.29 is 4.79 Å². The van der Waals surface area contributed by atoms with E-state index in [1.807, 2.05) is 78.9 Å². The van der Waals surface area contributed by atoms with Gasteiger partial charge in [-0.05, 0) is 34.9 Å². The Morgan fingerprint density at radius 2 is 1.61 bits per heavy atom. The van der Waals surface area contributed by atoms with E-state index in [0.717, 1.165) is 16.7 Å². The molecule has 0 aliphatic rings. The zero-order valence-electron chi connectivity index (χ0n) is 12.7. The van der Waals surface area contributed by atoms with E-state index in [9.17, 15) is 4.79 Å². The van der Waals surface area contributed by atoms with Gasteiger partial charge in [0.15, 0.2) is 0 Å². The van der Waals surface area contributed by atoms with Crippen molar-refractivity contribution in [3.8, 4) is 11.1 Å².